The maximum absolute atomic E-state index is 8.66. The third kappa shape index (κ3) is 3.65. The van der Waals surface area contributed by atoms with Crippen molar-refractivity contribution in [1.82, 2.24) is 0 Å². The van der Waals surface area contributed by atoms with Crippen molar-refractivity contribution in [2.24, 2.45) is 10.9 Å². The van der Waals surface area contributed by atoms with Crippen LogP contribution < -0.4 is 10.5 Å². The van der Waals surface area contributed by atoms with E-state index >= 15 is 0 Å². The number of rotatable bonds is 4. The average Bonchev–Trinajstić information content (AvgIpc) is 2.46. The molecule has 0 amide bonds. The number of halogens is 2. The fraction of sp³-hybridized carbons (Fsp3) is 0.0714. The van der Waals surface area contributed by atoms with Crippen LogP contribution in [-0.4, -0.2) is 11.0 Å². The van der Waals surface area contributed by atoms with Gasteiger partial charge in [0, 0.05) is 10.6 Å². The van der Waals surface area contributed by atoms with E-state index in [2.05, 4.69) is 21.1 Å². The van der Waals surface area contributed by atoms with Gasteiger partial charge >= 0.3 is 0 Å². The van der Waals surface area contributed by atoms with Gasteiger partial charge in [0.15, 0.2) is 5.84 Å². The maximum Gasteiger partial charge on any atom is 0.170 e. The predicted molar refractivity (Wildman–Crippen MR) is 82.4 cm³/mol. The van der Waals surface area contributed by atoms with E-state index in [1.165, 1.54) is 0 Å². The molecule has 0 saturated heterocycles. The molecule has 0 saturated carbocycles. The van der Waals surface area contributed by atoms with Gasteiger partial charge in [0.2, 0.25) is 0 Å². The van der Waals surface area contributed by atoms with Crippen molar-refractivity contribution >= 4 is 33.4 Å². The lowest BCUT2D eigenvalue weighted by Crippen LogP contribution is -2.13. The molecule has 0 radical (unpaired) electrons. The molecule has 0 aliphatic heterocycles. The highest BCUT2D eigenvalue weighted by molar-refractivity contribution is 9.10. The largest absolute Gasteiger partial charge is 0.488 e. The van der Waals surface area contributed by atoms with Crippen LogP contribution in [0.1, 0.15) is 11.1 Å². The Hall–Kier alpha value is -1.72. The lowest BCUT2D eigenvalue weighted by molar-refractivity contribution is 0.304. The van der Waals surface area contributed by atoms with E-state index in [1.807, 2.05) is 12.1 Å². The molecule has 6 heteroatoms. The number of ether oxygens (including phenoxy) is 1. The molecule has 3 N–H and O–H groups in total. The Morgan fingerprint density at radius 3 is 2.80 bits per heavy atom. The number of hydrogen-bond donors (Lipinski definition) is 2. The van der Waals surface area contributed by atoms with E-state index in [4.69, 9.17) is 27.3 Å². The van der Waals surface area contributed by atoms with Gasteiger partial charge in [-0.15, -0.1) is 0 Å². The summed E-state index contributed by atoms with van der Waals surface area (Å²) in [4.78, 5) is 0. The zero-order valence-corrected chi connectivity index (χ0v) is 12.7. The molecular weight excluding hydrogens is 344 g/mol. The van der Waals surface area contributed by atoms with Gasteiger partial charge in [-0.2, -0.15) is 0 Å². The summed E-state index contributed by atoms with van der Waals surface area (Å²) in [5, 5.41) is 12.3. The molecule has 0 unspecified atom stereocenters. The monoisotopic (exact) mass is 354 g/mol. The molecular formula is C14H12BrClN2O2. The van der Waals surface area contributed by atoms with Gasteiger partial charge in [0.25, 0.3) is 0 Å². The highest BCUT2D eigenvalue weighted by atomic mass is 79.9. The lowest BCUT2D eigenvalue weighted by atomic mass is 10.1. The molecule has 2 aromatic rings. The molecule has 104 valence electrons. The van der Waals surface area contributed by atoms with Gasteiger partial charge in [0.1, 0.15) is 12.4 Å². The lowest BCUT2D eigenvalue weighted by Gasteiger charge is -2.09. The fourth-order valence-electron chi connectivity index (χ4n) is 1.63. The zero-order chi connectivity index (χ0) is 14.5. The van der Waals surface area contributed by atoms with Crippen molar-refractivity contribution in [3.63, 3.8) is 0 Å². The van der Waals surface area contributed by atoms with Crippen molar-refractivity contribution in [3.8, 4) is 5.75 Å². The van der Waals surface area contributed by atoms with Crippen LogP contribution in [0.2, 0.25) is 5.02 Å². The summed E-state index contributed by atoms with van der Waals surface area (Å²) >= 11 is 9.26. The molecule has 0 atom stereocenters. The molecule has 0 heterocycles. The van der Waals surface area contributed by atoms with Crippen molar-refractivity contribution < 1.29 is 9.94 Å². The topological polar surface area (TPSA) is 67.8 Å². The molecule has 0 aliphatic carbocycles. The Bertz CT molecular complexity index is 647. The first-order chi connectivity index (χ1) is 9.60. The molecule has 0 aromatic heterocycles. The molecule has 0 bridgehead atoms. The van der Waals surface area contributed by atoms with Crippen molar-refractivity contribution in [3.05, 3.63) is 63.1 Å². The van der Waals surface area contributed by atoms with Crippen LogP contribution in [0.5, 0.6) is 5.75 Å². The molecule has 0 aliphatic rings. The molecule has 0 fully saturated rings. The van der Waals surface area contributed by atoms with Gasteiger partial charge in [0.05, 0.1) is 4.47 Å². The Morgan fingerprint density at radius 2 is 2.10 bits per heavy atom. The molecule has 20 heavy (non-hydrogen) atoms. The Balaban J connectivity index is 2.11. The van der Waals surface area contributed by atoms with Gasteiger partial charge in [-0.25, -0.2) is 0 Å². The summed E-state index contributed by atoms with van der Waals surface area (Å²) in [6.07, 6.45) is 0. The van der Waals surface area contributed by atoms with E-state index in [0.29, 0.717) is 22.9 Å². The fourth-order valence-corrected chi connectivity index (χ4v) is 2.43. The minimum absolute atomic E-state index is 0.0690. The Kier molecular flexibility index (Phi) is 4.87. The molecule has 2 aromatic carbocycles. The minimum atomic E-state index is 0.0690. The van der Waals surface area contributed by atoms with Crippen molar-refractivity contribution in [2.45, 2.75) is 6.61 Å². The second kappa shape index (κ2) is 6.63. The van der Waals surface area contributed by atoms with Gasteiger partial charge < -0.3 is 15.7 Å². The highest BCUT2D eigenvalue weighted by Crippen LogP contribution is 2.28. The third-order valence-electron chi connectivity index (χ3n) is 2.62. The zero-order valence-electron chi connectivity index (χ0n) is 10.4. The van der Waals surface area contributed by atoms with Gasteiger partial charge in [-0.3, -0.25) is 0 Å². The van der Waals surface area contributed by atoms with Gasteiger partial charge in [-0.1, -0.05) is 35.0 Å². The summed E-state index contributed by atoms with van der Waals surface area (Å²) < 4.78 is 6.49. The van der Waals surface area contributed by atoms with Crippen LogP contribution in [0.15, 0.2) is 52.1 Å². The molecule has 4 nitrogen and oxygen atoms in total. The quantitative estimate of drug-likeness (QED) is 0.379. The minimum Gasteiger partial charge on any atom is -0.488 e. The van der Waals surface area contributed by atoms with E-state index in [1.54, 1.807) is 30.3 Å². The Morgan fingerprint density at radius 1 is 1.30 bits per heavy atom. The van der Waals surface area contributed by atoms with Crippen molar-refractivity contribution in [1.29, 1.82) is 0 Å². The first kappa shape index (κ1) is 14.7. The average molecular weight is 356 g/mol. The van der Waals surface area contributed by atoms with E-state index in [-0.39, 0.29) is 5.84 Å². The van der Waals surface area contributed by atoms with Gasteiger partial charge in [-0.05, 0) is 45.8 Å². The molecule has 0 spiro atoms. The summed E-state index contributed by atoms with van der Waals surface area (Å²) in [6, 6.07) is 12.6. The molecule has 2 rings (SSSR count). The normalized spacial score (nSPS) is 11.4. The van der Waals surface area contributed by atoms with Crippen LogP contribution >= 0.6 is 27.5 Å². The van der Waals surface area contributed by atoms with E-state index in [0.717, 1.165) is 10.0 Å². The maximum atomic E-state index is 8.66. The number of oxime groups is 1. The summed E-state index contributed by atoms with van der Waals surface area (Å²) in [5.74, 6) is 0.767. The summed E-state index contributed by atoms with van der Waals surface area (Å²) in [5.41, 5.74) is 7.10. The Labute approximate surface area is 129 Å². The number of nitrogens with two attached hydrogens (primary N) is 1. The third-order valence-corrected chi connectivity index (χ3v) is 3.47. The van der Waals surface area contributed by atoms with Crippen LogP contribution in [0.3, 0.4) is 0 Å². The number of hydrogen-bond acceptors (Lipinski definition) is 3. The SMILES string of the molecule is N/C(=N\O)c1cccc(COc2ccc(Cl)cc2Br)c1. The number of nitrogens with zero attached hydrogens (tertiary/aromatic N) is 1. The van der Waals surface area contributed by atoms with Crippen LogP contribution in [0.25, 0.3) is 0 Å². The first-order valence-electron chi connectivity index (χ1n) is 5.75. The van der Waals surface area contributed by atoms with Crippen LogP contribution in [-0.2, 0) is 6.61 Å². The van der Waals surface area contributed by atoms with E-state index in [9.17, 15) is 0 Å². The van der Waals surface area contributed by atoms with Crippen LogP contribution in [0.4, 0.5) is 0 Å². The van der Waals surface area contributed by atoms with E-state index < -0.39 is 0 Å². The second-order valence-corrected chi connectivity index (χ2v) is 5.34. The second-order valence-electron chi connectivity index (χ2n) is 4.05. The predicted octanol–water partition coefficient (Wildman–Crippen LogP) is 3.78. The highest BCUT2D eigenvalue weighted by Gasteiger charge is 2.04. The number of amidine groups is 1. The smallest absolute Gasteiger partial charge is 0.170 e. The first-order valence-corrected chi connectivity index (χ1v) is 6.92. The number of benzene rings is 2. The summed E-state index contributed by atoms with van der Waals surface area (Å²) in [7, 11) is 0. The van der Waals surface area contributed by atoms with Crippen molar-refractivity contribution in [2.75, 3.05) is 0 Å². The standard InChI is InChI=1S/C14H12BrClN2O2/c15-12-7-11(16)4-5-13(12)20-8-9-2-1-3-10(6-9)14(17)18-19/h1-7,19H,8H2,(H2,17,18). The summed E-state index contributed by atoms with van der Waals surface area (Å²) in [6.45, 7) is 0.368. The van der Waals surface area contributed by atoms with Crippen LogP contribution in [0, 0.1) is 0 Å².